The van der Waals surface area contributed by atoms with Crippen LogP contribution in [0.4, 0.5) is 0 Å². The summed E-state index contributed by atoms with van der Waals surface area (Å²) in [5.74, 6) is 0.796. The Kier molecular flexibility index (Phi) is 7.44. The maximum Gasteiger partial charge on any atom is 0.227 e. The molecule has 2 aromatic rings. The lowest BCUT2D eigenvalue weighted by molar-refractivity contribution is -0.132. The number of carbonyl (C=O) groups excluding carboxylic acids is 1. The van der Waals surface area contributed by atoms with E-state index in [1.807, 2.05) is 37.3 Å². The molecular formula is C22H29N3O4S. The zero-order valence-electron chi connectivity index (χ0n) is 17.5. The van der Waals surface area contributed by atoms with Gasteiger partial charge in [0.15, 0.2) is 0 Å². The molecule has 162 valence electrons. The van der Waals surface area contributed by atoms with E-state index in [0.717, 1.165) is 29.7 Å². The Balaban J connectivity index is 1.67. The van der Waals surface area contributed by atoms with Crippen molar-refractivity contribution < 1.29 is 17.9 Å². The molecular weight excluding hydrogens is 402 g/mol. The lowest BCUT2D eigenvalue weighted by Crippen LogP contribution is -2.51. The van der Waals surface area contributed by atoms with Crippen LogP contribution in [0.25, 0.3) is 0 Å². The van der Waals surface area contributed by atoms with E-state index in [2.05, 4.69) is 4.98 Å². The number of benzene rings is 1. The molecule has 8 heteroatoms. The molecule has 3 rings (SSSR count). The molecule has 0 N–H and O–H groups in total. The molecule has 0 aliphatic carbocycles. The number of likely N-dealkylation sites (tertiary alicyclic amines) is 1. The SMILES string of the molecule is CCOc1ccc(CC(=O)N2CCCC(N(Cc3cccnc3)S(C)(=O)=O)C2)cc1. The number of nitrogens with zero attached hydrogens (tertiary/aromatic N) is 3. The van der Waals surface area contributed by atoms with Gasteiger partial charge in [-0.2, -0.15) is 4.31 Å². The summed E-state index contributed by atoms with van der Waals surface area (Å²) >= 11 is 0. The summed E-state index contributed by atoms with van der Waals surface area (Å²) in [6.07, 6.45) is 6.37. The first-order valence-electron chi connectivity index (χ1n) is 10.2. The number of rotatable bonds is 8. The number of carbonyl (C=O) groups is 1. The number of hydrogen-bond acceptors (Lipinski definition) is 5. The Morgan fingerprint density at radius 1 is 1.23 bits per heavy atom. The van der Waals surface area contributed by atoms with Crippen molar-refractivity contribution in [3.05, 3.63) is 59.9 Å². The average molecular weight is 432 g/mol. The molecule has 1 aromatic heterocycles. The summed E-state index contributed by atoms with van der Waals surface area (Å²) < 4.78 is 31.9. The molecule has 1 amide bonds. The van der Waals surface area contributed by atoms with E-state index in [-0.39, 0.29) is 18.5 Å². The van der Waals surface area contributed by atoms with Crippen LogP contribution in [0.3, 0.4) is 0 Å². The van der Waals surface area contributed by atoms with Crippen LogP contribution in [0.2, 0.25) is 0 Å². The van der Waals surface area contributed by atoms with E-state index < -0.39 is 10.0 Å². The Morgan fingerprint density at radius 2 is 2.00 bits per heavy atom. The summed E-state index contributed by atoms with van der Waals surface area (Å²) in [7, 11) is -3.43. The molecule has 0 saturated carbocycles. The van der Waals surface area contributed by atoms with Crippen LogP contribution in [0, 0.1) is 0 Å². The van der Waals surface area contributed by atoms with Gasteiger partial charge in [-0.25, -0.2) is 8.42 Å². The van der Waals surface area contributed by atoms with Crippen LogP contribution in [-0.4, -0.2) is 60.5 Å². The number of sulfonamides is 1. The number of aromatic nitrogens is 1. The van der Waals surface area contributed by atoms with Crippen LogP contribution >= 0.6 is 0 Å². The van der Waals surface area contributed by atoms with Crippen molar-refractivity contribution in [2.45, 2.75) is 38.8 Å². The first-order chi connectivity index (χ1) is 14.4. The van der Waals surface area contributed by atoms with Gasteiger partial charge < -0.3 is 9.64 Å². The summed E-state index contributed by atoms with van der Waals surface area (Å²) in [5, 5.41) is 0. The molecule has 2 heterocycles. The molecule has 1 unspecified atom stereocenters. The van der Waals surface area contributed by atoms with E-state index in [9.17, 15) is 13.2 Å². The van der Waals surface area contributed by atoms with Crippen LogP contribution < -0.4 is 4.74 Å². The molecule has 0 radical (unpaired) electrons. The highest BCUT2D eigenvalue weighted by molar-refractivity contribution is 7.88. The number of amides is 1. The second-order valence-electron chi connectivity index (χ2n) is 7.56. The van der Waals surface area contributed by atoms with Gasteiger partial charge in [-0.15, -0.1) is 0 Å². The average Bonchev–Trinajstić information content (AvgIpc) is 2.73. The summed E-state index contributed by atoms with van der Waals surface area (Å²) in [5.41, 5.74) is 1.75. The predicted molar refractivity (Wildman–Crippen MR) is 116 cm³/mol. The monoisotopic (exact) mass is 431 g/mol. The van der Waals surface area contributed by atoms with Crippen LogP contribution in [0.5, 0.6) is 5.75 Å². The zero-order valence-corrected chi connectivity index (χ0v) is 18.3. The van der Waals surface area contributed by atoms with Gasteiger partial charge >= 0.3 is 0 Å². The van der Waals surface area contributed by atoms with Crippen molar-refractivity contribution in [3.8, 4) is 5.75 Å². The van der Waals surface area contributed by atoms with Crippen LogP contribution in [0.15, 0.2) is 48.8 Å². The van der Waals surface area contributed by atoms with Gasteiger partial charge in [0, 0.05) is 38.1 Å². The second kappa shape index (κ2) is 10.0. The molecule has 1 saturated heterocycles. The van der Waals surface area contributed by atoms with Crippen LogP contribution in [-0.2, 0) is 27.8 Å². The van der Waals surface area contributed by atoms with Gasteiger partial charge in [0.2, 0.25) is 15.9 Å². The third-order valence-corrected chi connectivity index (χ3v) is 6.51. The van der Waals surface area contributed by atoms with Gasteiger partial charge in [-0.3, -0.25) is 9.78 Å². The van der Waals surface area contributed by atoms with E-state index in [1.54, 1.807) is 23.4 Å². The summed E-state index contributed by atoms with van der Waals surface area (Å²) in [6, 6.07) is 10.9. The highest BCUT2D eigenvalue weighted by Gasteiger charge is 2.32. The molecule has 1 aromatic carbocycles. The molecule has 0 bridgehead atoms. The van der Waals surface area contributed by atoms with Crippen molar-refractivity contribution in [2.75, 3.05) is 26.0 Å². The zero-order chi connectivity index (χ0) is 21.6. The number of hydrogen-bond donors (Lipinski definition) is 0. The highest BCUT2D eigenvalue weighted by Crippen LogP contribution is 2.22. The Hall–Kier alpha value is -2.45. The quantitative estimate of drug-likeness (QED) is 0.642. The van der Waals surface area contributed by atoms with Gasteiger partial charge in [-0.05, 0) is 49.1 Å². The van der Waals surface area contributed by atoms with Gasteiger partial charge in [0.25, 0.3) is 0 Å². The largest absolute Gasteiger partial charge is 0.494 e. The lowest BCUT2D eigenvalue weighted by atomic mass is 10.0. The topological polar surface area (TPSA) is 79.8 Å². The minimum atomic E-state index is -3.43. The maximum absolute atomic E-state index is 12.9. The fraction of sp³-hybridized carbons (Fsp3) is 0.455. The highest BCUT2D eigenvalue weighted by atomic mass is 32.2. The third-order valence-electron chi connectivity index (χ3n) is 5.23. The van der Waals surface area contributed by atoms with Crippen molar-refractivity contribution in [1.82, 2.24) is 14.2 Å². The summed E-state index contributed by atoms with van der Waals surface area (Å²) in [4.78, 5) is 18.7. The molecule has 1 fully saturated rings. The number of pyridine rings is 1. The molecule has 7 nitrogen and oxygen atoms in total. The molecule has 0 spiro atoms. The van der Waals surface area contributed by atoms with Gasteiger partial charge in [-0.1, -0.05) is 18.2 Å². The smallest absolute Gasteiger partial charge is 0.227 e. The van der Waals surface area contributed by atoms with Crippen molar-refractivity contribution in [3.63, 3.8) is 0 Å². The van der Waals surface area contributed by atoms with Crippen molar-refractivity contribution in [2.24, 2.45) is 0 Å². The third kappa shape index (κ3) is 6.03. The first-order valence-corrected chi connectivity index (χ1v) is 12.1. The fourth-order valence-corrected chi connectivity index (χ4v) is 4.86. The van der Waals surface area contributed by atoms with E-state index in [1.165, 1.54) is 10.6 Å². The van der Waals surface area contributed by atoms with Crippen LogP contribution in [0.1, 0.15) is 30.9 Å². The first kappa shape index (κ1) is 22.2. The van der Waals surface area contributed by atoms with E-state index in [4.69, 9.17) is 4.74 Å². The Morgan fingerprint density at radius 3 is 2.63 bits per heavy atom. The molecule has 30 heavy (non-hydrogen) atoms. The second-order valence-corrected chi connectivity index (χ2v) is 9.49. The van der Waals surface area contributed by atoms with Crippen molar-refractivity contribution >= 4 is 15.9 Å². The van der Waals surface area contributed by atoms with Crippen molar-refractivity contribution in [1.29, 1.82) is 0 Å². The molecule has 1 aliphatic heterocycles. The van der Waals surface area contributed by atoms with Gasteiger partial charge in [0.05, 0.1) is 19.3 Å². The molecule has 1 aliphatic rings. The lowest BCUT2D eigenvalue weighted by Gasteiger charge is -2.38. The molecule has 1 atom stereocenters. The minimum absolute atomic E-state index is 0.0127. The normalized spacial score (nSPS) is 17.2. The number of piperidine rings is 1. The standard InChI is InChI=1S/C22H29N3O4S/c1-3-29-21-10-8-18(9-11-21)14-22(26)24-13-5-7-20(17-24)25(30(2,27)28)16-19-6-4-12-23-15-19/h4,6,8-12,15,20H,3,5,7,13-14,16-17H2,1-2H3. The summed E-state index contributed by atoms with van der Waals surface area (Å²) in [6.45, 7) is 3.85. The van der Waals surface area contributed by atoms with Gasteiger partial charge in [0.1, 0.15) is 5.75 Å². The fourth-order valence-electron chi connectivity index (χ4n) is 3.76. The predicted octanol–water partition coefficient (Wildman–Crippen LogP) is 2.48. The Bertz CT molecular complexity index is 933. The Labute approximate surface area is 178 Å². The van der Waals surface area contributed by atoms with E-state index in [0.29, 0.717) is 26.1 Å². The number of ether oxygens (including phenoxy) is 1. The van der Waals surface area contributed by atoms with E-state index >= 15 is 0 Å². The maximum atomic E-state index is 12.9. The minimum Gasteiger partial charge on any atom is -0.494 e.